The Morgan fingerprint density at radius 1 is 1.12 bits per heavy atom. The van der Waals surface area contributed by atoms with Crippen LogP contribution in [0.15, 0.2) is 36.4 Å². The highest BCUT2D eigenvalue weighted by Gasteiger charge is 2.75. The predicted octanol–water partition coefficient (Wildman–Crippen LogP) is 2.42. The lowest BCUT2D eigenvalue weighted by Crippen LogP contribution is -2.79. The fraction of sp³-hybridized carbons (Fsp3) is 0.515. The summed E-state index contributed by atoms with van der Waals surface area (Å²) in [6.07, 6.45) is -3.24. The summed E-state index contributed by atoms with van der Waals surface area (Å²) >= 11 is 0. The van der Waals surface area contributed by atoms with Gasteiger partial charge in [0.1, 0.15) is 17.8 Å². The molecule has 0 aromatic heterocycles. The van der Waals surface area contributed by atoms with Crippen molar-refractivity contribution in [2.75, 3.05) is 6.61 Å². The fourth-order valence-electron chi connectivity index (χ4n) is 8.83. The largest absolute Gasteiger partial charge is 0.507 e. The molecule has 2 aromatic carbocycles. The molecule has 0 spiro atoms. The van der Waals surface area contributed by atoms with Gasteiger partial charge in [0.05, 0.1) is 29.8 Å². The summed E-state index contributed by atoms with van der Waals surface area (Å²) in [5.74, 6) is -7.94. The summed E-state index contributed by atoms with van der Waals surface area (Å²) in [7, 11) is 0. The minimum absolute atomic E-state index is 0.0390. The van der Waals surface area contributed by atoms with Gasteiger partial charge >= 0.3 is 5.97 Å². The molecule has 10 heteroatoms. The molecule has 2 fully saturated rings. The Balaban J connectivity index is 1.70. The third-order valence-corrected chi connectivity index (χ3v) is 10.3. The van der Waals surface area contributed by atoms with Crippen molar-refractivity contribution in [1.29, 1.82) is 0 Å². The normalized spacial score (nSPS) is 35.1. The number of hydrogen-bond acceptors (Lipinski definition) is 9. The number of primary amides is 1. The van der Waals surface area contributed by atoms with Crippen LogP contribution in [0.25, 0.3) is 11.1 Å². The molecule has 5 rings (SSSR count). The summed E-state index contributed by atoms with van der Waals surface area (Å²) in [6.45, 7) is 8.91. The number of benzene rings is 2. The summed E-state index contributed by atoms with van der Waals surface area (Å²) in [4.78, 5) is 53.0. The number of phenols is 1. The van der Waals surface area contributed by atoms with Gasteiger partial charge < -0.3 is 30.9 Å². The van der Waals surface area contributed by atoms with Gasteiger partial charge in [0.2, 0.25) is 5.91 Å². The molecule has 6 N–H and O–H groups in total. The highest BCUT2D eigenvalue weighted by atomic mass is 16.5. The molecule has 2 saturated carbocycles. The summed E-state index contributed by atoms with van der Waals surface area (Å²) in [5, 5.41) is 46.4. The molecule has 0 radical (unpaired) electrons. The lowest BCUT2D eigenvalue weighted by Gasteiger charge is -2.66. The van der Waals surface area contributed by atoms with Crippen molar-refractivity contribution in [2.24, 2.45) is 40.2 Å². The standard InChI is InChI=1S/C33H39NO9/c1-6-43-30(41)17-9-7-8-16(12-17)18-10-11-20(35)21-19(18)13-31(4)14-32(5)23(15(2)3)26(37)22(29(34)40)27(38)33(32,42)28(39)24(31)25(21)36/h7-12,15,22-24,26,28,35,37,39,42H,6,13-14H2,1-5H3,(H2,34,40)/t22-,23+,24-,26?,28?,31-,32-,33+/m1/s1. The Labute approximate surface area is 249 Å². The number of rotatable bonds is 5. The predicted molar refractivity (Wildman–Crippen MR) is 155 cm³/mol. The molecule has 0 saturated heterocycles. The SMILES string of the molecule is CCOC(=O)c1cccc(-c2ccc(O)c3c2C[C@]2(C)C[C@]4(C)[C@@H](C(C)C)C(O)[C@@H](C(N)=O)C(=O)[C@]4(O)C(O)[C@H]2C3=O)c1. The summed E-state index contributed by atoms with van der Waals surface area (Å²) < 4.78 is 5.14. The number of amides is 1. The van der Waals surface area contributed by atoms with Crippen LogP contribution in [0, 0.1) is 34.5 Å². The van der Waals surface area contributed by atoms with Crippen molar-refractivity contribution in [1.82, 2.24) is 0 Å². The van der Waals surface area contributed by atoms with Crippen LogP contribution in [-0.4, -0.2) is 68.3 Å². The smallest absolute Gasteiger partial charge is 0.338 e. The van der Waals surface area contributed by atoms with Gasteiger partial charge in [-0.1, -0.05) is 45.9 Å². The number of carbonyl (C=O) groups excluding carboxylic acids is 4. The number of aliphatic hydroxyl groups excluding tert-OH is 2. The van der Waals surface area contributed by atoms with E-state index in [0.717, 1.165) is 0 Å². The maximum atomic E-state index is 14.3. The van der Waals surface area contributed by atoms with E-state index in [4.69, 9.17) is 10.5 Å². The molecular weight excluding hydrogens is 554 g/mol. The second-order valence-corrected chi connectivity index (χ2v) is 13.3. The highest BCUT2D eigenvalue weighted by molar-refractivity contribution is 6.09. The third-order valence-electron chi connectivity index (χ3n) is 10.3. The molecular formula is C33H39NO9. The van der Waals surface area contributed by atoms with Crippen LogP contribution < -0.4 is 5.73 Å². The average molecular weight is 594 g/mol. The van der Waals surface area contributed by atoms with Crippen LogP contribution in [0.5, 0.6) is 5.75 Å². The van der Waals surface area contributed by atoms with E-state index in [2.05, 4.69) is 0 Å². The van der Waals surface area contributed by atoms with E-state index in [1.807, 2.05) is 0 Å². The number of phenolic OH excluding ortho intramolecular Hbond substituents is 1. The van der Waals surface area contributed by atoms with Gasteiger partial charge in [-0.15, -0.1) is 0 Å². The summed E-state index contributed by atoms with van der Waals surface area (Å²) in [5.41, 5.74) is 2.45. The van der Waals surface area contributed by atoms with Gasteiger partial charge in [-0.05, 0) is 71.9 Å². The second-order valence-electron chi connectivity index (χ2n) is 13.3. The number of fused-ring (bicyclic) bond motifs is 3. The maximum Gasteiger partial charge on any atom is 0.338 e. The Bertz CT molecular complexity index is 1530. The van der Waals surface area contributed by atoms with E-state index in [1.54, 1.807) is 65.0 Å². The lowest BCUT2D eigenvalue weighted by molar-refractivity contribution is -0.265. The lowest BCUT2D eigenvalue weighted by atomic mass is 9.39. The van der Waals surface area contributed by atoms with E-state index in [-0.39, 0.29) is 36.7 Å². The second kappa shape index (κ2) is 10.2. The number of ether oxygens (including phenoxy) is 1. The maximum absolute atomic E-state index is 14.3. The van der Waals surface area contributed by atoms with Gasteiger partial charge in [-0.25, -0.2) is 4.79 Å². The molecule has 43 heavy (non-hydrogen) atoms. The van der Waals surface area contributed by atoms with Crippen LogP contribution in [0.3, 0.4) is 0 Å². The molecule has 0 aliphatic heterocycles. The van der Waals surface area contributed by atoms with Crippen molar-refractivity contribution in [3.05, 3.63) is 53.1 Å². The van der Waals surface area contributed by atoms with Crippen molar-refractivity contribution in [3.63, 3.8) is 0 Å². The Morgan fingerprint density at radius 2 is 1.79 bits per heavy atom. The first-order valence-corrected chi connectivity index (χ1v) is 14.6. The van der Waals surface area contributed by atoms with Gasteiger partial charge in [0, 0.05) is 5.41 Å². The van der Waals surface area contributed by atoms with Gasteiger partial charge in [-0.3, -0.25) is 14.4 Å². The number of nitrogens with two attached hydrogens (primary N) is 1. The van der Waals surface area contributed by atoms with E-state index in [0.29, 0.717) is 22.3 Å². The zero-order valence-corrected chi connectivity index (χ0v) is 25.0. The van der Waals surface area contributed by atoms with E-state index in [1.165, 1.54) is 6.07 Å². The molecule has 2 unspecified atom stereocenters. The number of esters is 1. The van der Waals surface area contributed by atoms with Crippen molar-refractivity contribution in [3.8, 4) is 16.9 Å². The molecule has 0 bridgehead atoms. The molecule has 8 atom stereocenters. The first kappa shape index (κ1) is 30.8. The molecule has 2 aromatic rings. The van der Waals surface area contributed by atoms with Crippen molar-refractivity contribution in [2.45, 2.75) is 65.3 Å². The Morgan fingerprint density at radius 3 is 2.40 bits per heavy atom. The zero-order chi connectivity index (χ0) is 31.8. The highest BCUT2D eigenvalue weighted by Crippen LogP contribution is 2.66. The van der Waals surface area contributed by atoms with Crippen LogP contribution in [-0.2, 0) is 20.7 Å². The van der Waals surface area contributed by atoms with Gasteiger partial charge in [0.15, 0.2) is 17.2 Å². The minimum Gasteiger partial charge on any atom is -0.507 e. The van der Waals surface area contributed by atoms with Gasteiger partial charge in [-0.2, -0.15) is 0 Å². The summed E-state index contributed by atoms with van der Waals surface area (Å²) in [6, 6.07) is 9.76. The van der Waals surface area contributed by atoms with Crippen molar-refractivity contribution >= 4 is 23.4 Å². The number of Topliss-reactive ketones (excluding diaryl/α,β-unsaturated/α-hetero) is 2. The quantitative estimate of drug-likeness (QED) is 0.257. The Hall–Kier alpha value is -3.60. The molecule has 10 nitrogen and oxygen atoms in total. The molecule has 1 amide bonds. The number of hydrogen-bond donors (Lipinski definition) is 5. The average Bonchev–Trinajstić information content (AvgIpc) is 2.90. The first-order valence-electron chi connectivity index (χ1n) is 14.6. The van der Waals surface area contributed by atoms with E-state index in [9.17, 15) is 39.6 Å². The molecule has 0 heterocycles. The minimum atomic E-state index is -2.57. The first-order chi connectivity index (χ1) is 20.0. The Kier molecular flexibility index (Phi) is 7.35. The van der Waals surface area contributed by atoms with E-state index >= 15 is 0 Å². The zero-order valence-electron chi connectivity index (χ0n) is 25.0. The van der Waals surface area contributed by atoms with Gasteiger partial charge in [0.25, 0.3) is 0 Å². The molecule has 3 aliphatic carbocycles. The third kappa shape index (κ3) is 4.17. The van der Waals surface area contributed by atoms with Crippen LogP contribution >= 0.6 is 0 Å². The van der Waals surface area contributed by atoms with Crippen LogP contribution in [0.4, 0.5) is 0 Å². The fourth-order valence-corrected chi connectivity index (χ4v) is 8.83. The van der Waals surface area contributed by atoms with E-state index < -0.39 is 69.8 Å². The van der Waals surface area contributed by atoms with Crippen LogP contribution in [0.1, 0.15) is 67.3 Å². The molecule has 230 valence electrons. The number of ketones is 2. The van der Waals surface area contributed by atoms with Crippen molar-refractivity contribution < 1.29 is 44.3 Å². The molecule has 3 aliphatic rings. The number of carbonyl (C=O) groups is 4. The monoisotopic (exact) mass is 593 g/mol. The number of aliphatic hydroxyl groups is 3. The topological polar surface area (TPSA) is 184 Å². The number of aromatic hydroxyl groups is 1. The van der Waals surface area contributed by atoms with Crippen LogP contribution in [0.2, 0.25) is 0 Å².